The minimum atomic E-state index is -0.255. The Hall–Kier alpha value is -2.51. The number of hydrogen-bond donors (Lipinski definition) is 1. The zero-order valence-corrected chi connectivity index (χ0v) is 16.9. The lowest BCUT2D eigenvalue weighted by Crippen LogP contribution is -2.36. The molecule has 0 bridgehead atoms. The first-order valence-corrected chi connectivity index (χ1v) is 10.3. The molecule has 1 amide bonds. The summed E-state index contributed by atoms with van der Waals surface area (Å²) in [7, 11) is 1.98. The Balaban J connectivity index is 1.39. The van der Waals surface area contributed by atoms with Gasteiger partial charge < -0.3 is 19.5 Å². The van der Waals surface area contributed by atoms with Crippen molar-refractivity contribution in [3.05, 3.63) is 48.5 Å². The van der Waals surface area contributed by atoms with Crippen LogP contribution in [0.2, 0.25) is 0 Å². The minimum absolute atomic E-state index is 0.0313. The second kappa shape index (κ2) is 8.24. The number of hydrogen-bond acceptors (Lipinski definition) is 5. The molecule has 0 saturated carbocycles. The van der Waals surface area contributed by atoms with Crippen LogP contribution in [0.25, 0.3) is 11.0 Å². The van der Waals surface area contributed by atoms with Crippen LogP contribution >= 0.6 is 11.8 Å². The second-order valence-corrected chi connectivity index (χ2v) is 8.15. The van der Waals surface area contributed by atoms with Gasteiger partial charge in [0, 0.05) is 31.5 Å². The number of nitrogens with one attached hydrogen (secondary N) is 1. The number of nitrogens with zero attached hydrogens (tertiary/aromatic N) is 3. The molecule has 1 saturated heterocycles. The third kappa shape index (κ3) is 4.00. The number of anilines is 2. The van der Waals surface area contributed by atoms with Crippen LogP contribution < -0.4 is 10.2 Å². The number of benzene rings is 2. The molecule has 1 aliphatic heterocycles. The smallest absolute Gasteiger partial charge is 0.237 e. The molecule has 2 heterocycles. The van der Waals surface area contributed by atoms with Crippen molar-refractivity contribution in [2.24, 2.45) is 7.05 Å². The third-order valence-corrected chi connectivity index (χ3v) is 6.05. The topological polar surface area (TPSA) is 59.4 Å². The van der Waals surface area contributed by atoms with Crippen LogP contribution in [0.3, 0.4) is 0 Å². The van der Waals surface area contributed by atoms with E-state index in [1.807, 2.05) is 67.1 Å². The van der Waals surface area contributed by atoms with Crippen molar-refractivity contribution in [1.82, 2.24) is 9.55 Å². The summed E-state index contributed by atoms with van der Waals surface area (Å²) in [5.74, 6) is -0.0313. The fourth-order valence-electron chi connectivity index (χ4n) is 3.26. The summed E-state index contributed by atoms with van der Waals surface area (Å²) in [6.45, 7) is 5.22. The number of aryl methyl sites for hydroxylation is 1. The van der Waals surface area contributed by atoms with Gasteiger partial charge in [-0.15, -0.1) is 0 Å². The molecule has 3 aromatic rings. The first kappa shape index (κ1) is 18.8. The van der Waals surface area contributed by atoms with Gasteiger partial charge in [0.15, 0.2) is 5.16 Å². The number of carbonyl (C=O) groups is 1. The molecule has 1 fully saturated rings. The summed E-state index contributed by atoms with van der Waals surface area (Å²) in [6, 6.07) is 16.0. The molecule has 0 radical (unpaired) electrons. The summed E-state index contributed by atoms with van der Waals surface area (Å²) in [5, 5.41) is 3.59. The lowest BCUT2D eigenvalue weighted by molar-refractivity contribution is -0.115. The van der Waals surface area contributed by atoms with Crippen molar-refractivity contribution in [2.45, 2.75) is 17.3 Å². The van der Waals surface area contributed by atoms with Crippen LogP contribution in [0.1, 0.15) is 6.92 Å². The van der Waals surface area contributed by atoms with E-state index >= 15 is 0 Å². The van der Waals surface area contributed by atoms with E-state index in [0.717, 1.165) is 53.9 Å². The fourth-order valence-corrected chi connectivity index (χ4v) is 4.15. The Morgan fingerprint density at radius 1 is 1.14 bits per heavy atom. The van der Waals surface area contributed by atoms with Gasteiger partial charge in [0.2, 0.25) is 5.91 Å². The molecule has 1 N–H and O–H groups in total. The van der Waals surface area contributed by atoms with Crippen LogP contribution in [0.5, 0.6) is 0 Å². The van der Waals surface area contributed by atoms with Crippen molar-refractivity contribution < 1.29 is 9.53 Å². The summed E-state index contributed by atoms with van der Waals surface area (Å²) in [4.78, 5) is 19.6. The zero-order valence-electron chi connectivity index (χ0n) is 16.1. The minimum Gasteiger partial charge on any atom is -0.378 e. The van der Waals surface area contributed by atoms with E-state index in [1.54, 1.807) is 0 Å². The number of amides is 1. The number of rotatable bonds is 5. The maximum absolute atomic E-state index is 12.6. The SMILES string of the molecule is C[C@@H](Sc1nc2ccccc2n1C)C(=O)Nc1ccc(N2CCOCC2)cc1. The number of aromatic nitrogens is 2. The van der Waals surface area contributed by atoms with E-state index in [0.29, 0.717) is 0 Å². The van der Waals surface area contributed by atoms with Crippen LogP contribution in [0.4, 0.5) is 11.4 Å². The molecule has 146 valence electrons. The lowest BCUT2D eigenvalue weighted by Gasteiger charge is -2.28. The molecule has 7 heteroatoms. The first-order chi connectivity index (χ1) is 13.6. The summed E-state index contributed by atoms with van der Waals surface area (Å²) in [6.07, 6.45) is 0. The second-order valence-electron chi connectivity index (χ2n) is 6.84. The molecule has 1 aromatic heterocycles. The molecule has 0 unspecified atom stereocenters. The average molecular weight is 397 g/mol. The number of thioether (sulfide) groups is 1. The van der Waals surface area contributed by atoms with Crippen molar-refractivity contribution in [2.75, 3.05) is 36.5 Å². The van der Waals surface area contributed by atoms with Gasteiger partial charge in [-0.2, -0.15) is 0 Å². The molecule has 0 aliphatic carbocycles. The van der Waals surface area contributed by atoms with Gasteiger partial charge in [0.05, 0.1) is 29.5 Å². The van der Waals surface area contributed by atoms with Gasteiger partial charge in [-0.3, -0.25) is 4.79 Å². The van der Waals surface area contributed by atoms with E-state index < -0.39 is 0 Å². The Kier molecular flexibility index (Phi) is 5.54. The van der Waals surface area contributed by atoms with E-state index in [4.69, 9.17) is 4.74 Å². The first-order valence-electron chi connectivity index (χ1n) is 9.43. The van der Waals surface area contributed by atoms with Crippen molar-refractivity contribution in [3.8, 4) is 0 Å². The summed E-state index contributed by atoms with van der Waals surface area (Å²) >= 11 is 1.47. The van der Waals surface area contributed by atoms with Gasteiger partial charge >= 0.3 is 0 Å². The largest absolute Gasteiger partial charge is 0.378 e. The third-order valence-electron chi connectivity index (χ3n) is 4.91. The average Bonchev–Trinajstić information content (AvgIpc) is 3.05. The Morgan fingerprint density at radius 2 is 1.86 bits per heavy atom. The van der Waals surface area contributed by atoms with Crippen LogP contribution in [0.15, 0.2) is 53.7 Å². The number of fused-ring (bicyclic) bond motifs is 1. The highest BCUT2D eigenvalue weighted by molar-refractivity contribution is 8.00. The molecule has 2 aromatic carbocycles. The molecule has 0 spiro atoms. The van der Waals surface area contributed by atoms with Crippen LogP contribution in [-0.2, 0) is 16.6 Å². The molecular weight excluding hydrogens is 372 g/mol. The normalized spacial score (nSPS) is 15.6. The molecular formula is C21H24N4O2S. The molecule has 1 atom stereocenters. The van der Waals surface area contributed by atoms with Crippen molar-refractivity contribution in [3.63, 3.8) is 0 Å². The molecule has 6 nitrogen and oxygen atoms in total. The highest BCUT2D eigenvalue weighted by Gasteiger charge is 2.19. The van der Waals surface area contributed by atoms with E-state index in [1.165, 1.54) is 11.8 Å². The van der Waals surface area contributed by atoms with E-state index in [2.05, 4.69) is 15.2 Å². The standard InChI is InChI=1S/C21H24N4O2S/c1-15(28-21-23-18-5-3-4-6-19(18)24(21)2)20(26)22-16-7-9-17(10-8-16)25-11-13-27-14-12-25/h3-10,15H,11-14H2,1-2H3,(H,22,26)/t15-/m1/s1. The number of imidazole rings is 1. The number of carbonyl (C=O) groups excluding carboxylic acids is 1. The lowest BCUT2D eigenvalue weighted by atomic mass is 10.2. The highest BCUT2D eigenvalue weighted by atomic mass is 32.2. The quantitative estimate of drug-likeness (QED) is 0.669. The van der Waals surface area contributed by atoms with E-state index in [9.17, 15) is 4.79 Å². The van der Waals surface area contributed by atoms with Crippen molar-refractivity contribution >= 4 is 40.1 Å². The van der Waals surface area contributed by atoms with Crippen molar-refractivity contribution in [1.29, 1.82) is 0 Å². The Morgan fingerprint density at radius 3 is 2.57 bits per heavy atom. The zero-order chi connectivity index (χ0) is 19.5. The number of para-hydroxylation sites is 2. The van der Waals surface area contributed by atoms with Gasteiger partial charge in [0.1, 0.15) is 0 Å². The molecule has 1 aliphatic rings. The van der Waals surface area contributed by atoms with Gasteiger partial charge in [0.25, 0.3) is 0 Å². The van der Waals surface area contributed by atoms with Crippen LogP contribution in [0, 0.1) is 0 Å². The van der Waals surface area contributed by atoms with Gasteiger partial charge in [-0.05, 0) is 43.3 Å². The highest BCUT2D eigenvalue weighted by Crippen LogP contribution is 2.27. The van der Waals surface area contributed by atoms with Crippen LogP contribution in [-0.4, -0.2) is 47.0 Å². The molecule has 28 heavy (non-hydrogen) atoms. The van der Waals surface area contributed by atoms with Gasteiger partial charge in [-0.1, -0.05) is 23.9 Å². The Bertz CT molecular complexity index is 964. The summed E-state index contributed by atoms with van der Waals surface area (Å²) in [5.41, 5.74) is 3.97. The van der Waals surface area contributed by atoms with E-state index in [-0.39, 0.29) is 11.2 Å². The summed E-state index contributed by atoms with van der Waals surface area (Å²) < 4.78 is 7.42. The number of ether oxygens (including phenoxy) is 1. The maximum Gasteiger partial charge on any atom is 0.237 e. The fraction of sp³-hybridized carbons (Fsp3) is 0.333. The number of morpholine rings is 1. The Labute approximate surface area is 168 Å². The van der Waals surface area contributed by atoms with Gasteiger partial charge in [-0.25, -0.2) is 4.98 Å². The molecule has 4 rings (SSSR count). The maximum atomic E-state index is 12.6. The predicted molar refractivity (Wildman–Crippen MR) is 114 cm³/mol. The monoisotopic (exact) mass is 396 g/mol. The predicted octanol–water partition coefficient (Wildman–Crippen LogP) is 3.53.